The zero-order valence-corrected chi connectivity index (χ0v) is 35.3. The second-order valence-electron chi connectivity index (χ2n) is 16.7. The fourth-order valence-corrected chi connectivity index (χ4v) is 10.1. The predicted molar refractivity (Wildman–Crippen MR) is 257 cm³/mol. The van der Waals surface area contributed by atoms with Gasteiger partial charge in [-0.2, -0.15) is 0 Å². The van der Waals surface area contributed by atoms with E-state index in [0.717, 1.165) is 89.4 Å². The van der Waals surface area contributed by atoms with Crippen molar-refractivity contribution in [3.63, 3.8) is 0 Å². The van der Waals surface area contributed by atoms with Crippen molar-refractivity contribution in [3.8, 4) is 90.2 Å². The number of pyridine rings is 1. The summed E-state index contributed by atoms with van der Waals surface area (Å²) in [6, 6.07) is 68.5. The van der Waals surface area contributed by atoms with Crippen LogP contribution < -0.4 is 4.74 Å². The van der Waals surface area contributed by atoms with Crippen LogP contribution in [0.1, 0.15) is 33.4 Å². The number of hydrogen-bond donors (Lipinski definition) is 0. The van der Waals surface area contributed by atoms with E-state index in [4.69, 9.17) is 19.7 Å². The Labute approximate surface area is 372 Å². The number of hydrogen-bond acceptors (Lipinski definition) is 5. The first-order valence-electron chi connectivity index (χ1n) is 21.7. The van der Waals surface area contributed by atoms with E-state index in [1.54, 1.807) is 0 Å². The Hall–Kier alpha value is -8.28. The molecule has 0 bridgehead atoms. The minimum absolute atomic E-state index is 0.606. The molecule has 0 fully saturated rings. The second-order valence-corrected chi connectivity index (χ2v) is 16.7. The first-order valence-corrected chi connectivity index (χ1v) is 21.7. The number of benzene rings is 8. The van der Waals surface area contributed by atoms with Crippen molar-refractivity contribution in [2.45, 2.75) is 19.3 Å². The van der Waals surface area contributed by atoms with Crippen LogP contribution in [0.4, 0.5) is 0 Å². The lowest BCUT2D eigenvalue weighted by Gasteiger charge is -2.39. The third-order valence-electron chi connectivity index (χ3n) is 12.9. The van der Waals surface area contributed by atoms with E-state index in [-0.39, 0.29) is 0 Å². The minimum atomic E-state index is -0.646. The first-order chi connectivity index (χ1) is 31.5. The van der Waals surface area contributed by atoms with Crippen LogP contribution in [0.25, 0.3) is 78.7 Å². The standard InChI is InChI=1S/C59H40N4O/c1-37-35-60-36-38(2)55(37)42-26-30-46-48-33-44(28-31-49(48)59(52(46)34-42)50-22-12-14-24-53(50)64-54-25-15-13-23-51(54)59)58-62-56(41-20-10-5-11-21-41)61-57(63-58)43-27-29-45(39-16-6-3-7-17-39)47(32-43)40-18-8-4-9-19-40/h3-36H,1-2H3. The van der Waals surface area contributed by atoms with Gasteiger partial charge in [-0.1, -0.05) is 164 Å². The molecule has 0 unspecified atom stereocenters. The van der Waals surface area contributed by atoms with E-state index in [2.05, 4.69) is 195 Å². The zero-order chi connectivity index (χ0) is 42.8. The molecule has 5 nitrogen and oxygen atoms in total. The molecular formula is C59H40N4O. The van der Waals surface area contributed by atoms with Gasteiger partial charge in [-0.3, -0.25) is 4.98 Å². The molecule has 302 valence electrons. The SMILES string of the molecule is Cc1cncc(C)c1-c1ccc2c(c1)C1(c3ccccc3Oc3ccccc31)c1ccc(-c3nc(-c4ccccc4)nc(-c4ccc(-c5ccccc5)c(-c5ccccc5)c4)n3)cc1-2. The van der Waals surface area contributed by atoms with E-state index in [1.807, 2.05) is 30.6 Å². The highest BCUT2D eigenvalue weighted by molar-refractivity contribution is 5.93. The molecule has 8 aromatic carbocycles. The smallest absolute Gasteiger partial charge is 0.164 e. The molecule has 12 rings (SSSR count). The van der Waals surface area contributed by atoms with Gasteiger partial charge in [-0.05, 0) is 111 Å². The number of aromatic nitrogens is 4. The van der Waals surface area contributed by atoms with Crippen molar-refractivity contribution < 1.29 is 4.74 Å². The third-order valence-corrected chi connectivity index (χ3v) is 12.9. The lowest BCUT2D eigenvalue weighted by Crippen LogP contribution is -2.32. The summed E-state index contributed by atoms with van der Waals surface area (Å²) >= 11 is 0. The molecule has 0 radical (unpaired) electrons. The number of fused-ring (bicyclic) bond motifs is 9. The lowest BCUT2D eigenvalue weighted by atomic mass is 9.66. The number of para-hydroxylation sites is 2. The summed E-state index contributed by atoms with van der Waals surface area (Å²) in [5.74, 6) is 3.54. The fourth-order valence-electron chi connectivity index (χ4n) is 10.1. The van der Waals surface area contributed by atoms with Gasteiger partial charge in [0.05, 0.1) is 5.41 Å². The number of rotatable bonds is 6. The van der Waals surface area contributed by atoms with Crippen LogP contribution in [0, 0.1) is 13.8 Å². The second kappa shape index (κ2) is 15.0. The molecule has 2 aromatic heterocycles. The van der Waals surface area contributed by atoms with Crippen LogP contribution in [-0.4, -0.2) is 19.9 Å². The third kappa shape index (κ3) is 5.93. The topological polar surface area (TPSA) is 60.8 Å². The van der Waals surface area contributed by atoms with Crippen molar-refractivity contribution >= 4 is 0 Å². The molecule has 10 aromatic rings. The quantitative estimate of drug-likeness (QED) is 0.167. The van der Waals surface area contributed by atoms with Crippen molar-refractivity contribution in [1.29, 1.82) is 0 Å². The average Bonchev–Trinajstić information content (AvgIpc) is 3.63. The van der Waals surface area contributed by atoms with Crippen molar-refractivity contribution in [2.75, 3.05) is 0 Å². The molecule has 0 atom stereocenters. The Morgan fingerprint density at radius 1 is 0.344 bits per heavy atom. The van der Waals surface area contributed by atoms with E-state index in [9.17, 15) is 0 Å². The van der Waals surface area contributed by atoms with Crippen LogP contribution >= 0.6 is 0 Å². The highest BCUT2D eigenvalue weighted by atomic mass is 16.5. The highest BCUT2D eigenvalue weighted by Gasteiger charge is 2.51. The summed E-state index contributed by atoms with van der Waals surface area (Å²) in [6.45, 7) is 4.29. The molecule has 5 heteroatoms. The van der Waals surface area contributed by atoms with Crippen molar-refractivity contribution in [3.05, 3.63) is 240 Å². The van der Waals surface area contributed by atoms with E-state index < -0.39 is 5.41 Å². The van der Waals surface area contributed by atoms with Gasteiger partial charge >= 0.3 is 0 Å². The Balaban J connectivity index is 1.09. The molecule has 1 spiro atoms. The minimum Gasteiger partial charge on any atom is -0.457 e. The summed E-state index contributed by atoms with van der Waals surface area (Å²) in [7, 11) is 0. The van der Waals surface area contributed by atoms with Crippen molar-refractivity contribution in [2.24, 2.45) is 0 Å². The maximum atomic E-state index is 6.68. The Morgan fingerprint density at radius 2 is 0.812 bits per heavy atom. The zero-order valence-electron chi connectivity index (χ0n) is 35.3. The molecule has 2 aliphatic rings. The summed E-state index contributed by atoms with van der Waals surface area (Å²) in [5.41, 5.74) is 18.2. The van der Waals surface area contributed by atoms with E-state index >= 15 is 0 Å². The van der Waals surface area contributed by atoms with Gasteiger partial charge in [-0.15, -0.1) is 0 Å². The number of nitrogens with zero attached hydrogens (tertiary/aromatic N) is 4. The largest absolute Gasteiger partial charge is 0.457 e. The average molecular weight is 821 g/mol. The van der Waals surface area contributed by atoms with Crippen LogP contribution in [0.15, 0.2) is 207 Å². The van der Waals surface area contributed by atoms with Crippen LogP contribution in [0.5, 0.6) is 11.5 Å². The van der Waals surface area contributed by atoms with Crippen LogP contribution in [0.2, 0.25) is 0 Å². The van der Waals surface area contributed by atoms with Gasteiger partial charge in [-0.25, -0.2) is 15.0 Å². The number of ether oxygens (including phenoxy) is 1. The van der Waals surface area contributed by atoms with E-state index in [1.165, 1.54) is 16.7 Å². The molecule has 0 N–H and O–H groups in total. The van der Waals surface area contributed by atoms with Crippen molar-refractivity contribution in [1.82, 2.24) is 19.9 Å². The Morgan fingerprint density at radius 3 is 1.42 bits per heavy atom. The molecule has 1 aliphatic heterocycles. The highest BCUT2D eigenvalue weighted by Crippen LogP contribution is 2.62. The summed E-state index contributed by atoms with van der Waals surface area (Å²) in [5, 5.41) is 0. The van der Waals surface area contributed by atoms with Crippen LogP contribution in [0.3, 0.4) is 0 Å². The molecule has 0 saturated heterocycles. The van der Waals surface area contributed by atoms with Gasteiger partial charge in [0.1, 0.15) is 11.5 Å². The number of aryl methyl sites for hydroxylation is 2. The summed E-state index contributed by atoms with van der Waals surface area (Å²) in [6.07, 6.45) is 3.91. The molecule has 64 heavy (non-hydrogen) atoms. The van der Waals surface area contributed by atoms with Gasteiger partial charge < -0.3 is 4.74 Å². The molecule has 0 saturated carbocycles. The summed E-state index contributed by atoms with van der Waals surface area (Å²) in [4.78, 5) is 20.2. The Bertz CT molecular complexity index is 3370. The maximum Gasteiger partial charge on any atom is 0.164 e. The maximum absolute atomic E-state index is 6.68. The first kappa shape index (κ1) is 37.5. The monoisotopic (exact) mass is 820 g/mol. The summed E-state index contributed by atoms with van der Waals surface area (Å²) < 4.78 is 6.68. The van der Waals surface area contributed by atoms with E-state index in [0.29, 0.717) is 17.5 Å². The fraction of sp³-hybridized carbons (Fsp3) is 0.0508. The predicted octanol–water partition coefficient (Wildman–Crippen LogP) is 14.4. The lowest BCUT2D eigenvalue weighted by molar-refractivity contribution is 0.436. The Kier molecular flexibility index (Phi) is 8.76. The van der Waals surface area contributed by atoms with Gasteiger partial charge in [0.25, 0.3) is 0 Å². The van der Waals surface area contributed by atoms with Gasteiger partial charge in [0.15, 0.2) is 17.5 Å². The normalized spacial score (nSPS) is 12.8. The van der Waals surface area contributed by atoms with Gasteiger partial charge in [0.2, 0.25) is 0 Å². The van der Waals surface area contributed by atoms with Crippen LogP contribution in [-0.2, 0) is 5.41 Å². The molecule has 0 amide bonds. The molecule has 3 heterocycles. The van der Waals surface area contributed by atoms with Gasteiger partial charge in [0, 0.05) is 40.2 Å². The molecule has 1 aliphatic carbocycles. The molecular weight excluding hydrogens is 781 g/mol.